The molecule has 0 radical (unpaired) electrons. The zero-order valence-corrected chi connectivity index (χ0v) is 20.1. The summed E-state index contributed by atoms with van der Waals surface area (Å²) in [7, 11) is -4.03. The Morgan fingerprint density at radius 3 is 2.60 bits per heavy atom. The van der Waals surface area contributed by atoms with E-state index < -0.39 is 33.7 Å². The second kappa shape index (κ2) is 9.10. The maximum absolute atomic E-state index is 13.3. The van der Waals surface area contributed by atoms with Gasteiger partial charge in [-0.1, -0.05) is 42.0 Å². The number of aryl methyl sites for hydroxylation is 1. The highest BCUT2D eigenvalue weighted by molar-refractivity contribution is 7.89. The molecule has 35 heavy (non-hydrogen) atoms. The van der Waals surface area contributed by atoms with E-state index in [1.807, 2.05) is 31.2 Å². The number of sulfonamides is 1. The van der Waals surface area contributed by atoms with E-state index in [4.69, 9.17) is 9.47 Å². The highest BCUT2D eigenvalue weighted by atomic mass is 32.2. The molecule has 2 atom stereocenters. The van der Waals surface area contributed by atoms with E-state index in [2.05, 4.69) is 10.6 Å². The van der Waals surface area contributed by atoms with Crippen molar-refractivity contribution in [3.63, 3.8) is 0 Å². The van der Waals surface area contributed by atoms with E-state index in [1.54, 1.807) is 12.1 Å². The van der Waals surface area contributed by atoms with Crippen molar-refractivity contribution in [1.29, 1.82) is 0 Å². The standard InChI is InChI=1S/C25H27N3O6S/c1-17-6-8-18(9-7-17)35(31,32)28-13-12-26-24(30)22(28)16-23(29)27-21-10-11-25(33-14-15-34-25)20-5-3-2-4-19(20)21/h2-9,12-13,21-22H,10-11,14-16H2,1H3,(H,26,30)(H,27,29)/t21-,22-/m1/s1. The van der Waals surface area contributed by atoms with Crippen LogP contribution < -0.4 is 10.6 Å². The molecule has 2 amide bonds. The zero-order valence-electron chi connectivity index (χ0n) is 19.3. The van der Waals surface area contributed by atoms with Crippen LogP contribution in [0.3, 0.4) is 0 Å². The van der Waals surface area contributed by atoms with Crippen LogP contribution in [0.2, 0.25) is 0 Å². The van der Waals surface area contributed by atoms with Crippen LogP contribution in [0.15, 0.2) is 65.8 Å². The first-order chi connectivity index (χ1) is 16.8. The fourth-order valence-corrected chi connectivity index (χ4v) is 6.33. The van der Waals surface area contributed by atoms with Crippen molar-refractivity contribution in [1.82, 2.24) is 14.9 Å². The molecule has 1 fully saturated rings. The van der Waals surface area contributed by atoms with Gasteiger partial charge < -0.3 is 20.1 Å². The Morgan fingerprint density at radius 1 is 1.14 bits per heavy atom. The normalized spacial score (nSPS) is 23.1. The second-order valence-corrected chi connectivity index (χ2v) is 10.7. The van der Waals surface area contributed by atoms with Crippen LogP contribution in [0.1, 0.15) is 42.0 Å². The monoisotopic (exact) mass is 497 g/mol. The molecule has 3 aliphatic rings. The van der Waals surface area contributed by atoms with Crippen molar-refractivity contribution in [3.05, 3.63) is 77.6 Å². The average Bonchev–Trinajstić information content (AvgIpc) is 3.32. The van der Waals surface area contributed by atoms with E-state index in [-0.39, 0.29) is 17.4 Å². The van der Waals surface area contributed by atoms with Crippen LogP contribution in [0.25, 0.3) is 0 Å². The molecule has 0 saturated carbocycles. The van der Waals surface area contributed by atoms with E-state index >= 15 is 0 Å². The van der Waals surface area contributed by atoms with Crippen LogP contribution >= 0.6 is 0 Å². The van der Waals surface area contributed by atoms with Gasteiger partial charge in [-0.15, -0.1) is 0 Å². The largest absolute Gasteiger partial charge is 0.349 e. The third-order valence-electron chi connectivity index (χ3n) is 6.63. The summed E-state index contributed by atoms with van der Waals surface area (Å²) in [5.41, 5.74) is 2.69. The number of nitrogens with one attached hydrogen (secondary N) is 2. The van der Waals surface area contributed by atoms with Crippen molar-refractivity contribution in [2.24, 2.45) is 0 Å². The SMILES string of the molecule is Cc1ccc(S(=O)(=O)N2C=CNC(=O)[C@H]2CC(=O)N[C@@H]2CCC3(OCCO3)c3ccccc32)cc1. The van der Waals surface area contributed by atoms with Gasteiger partial charge in [-0.2, -0.15) is 0 Å². The number of hydrogen-bond donors (Lipinski definition) is 2. The molecule has 0 aromatic heterocycles. The first-order valence-corrected chi connectivity index (χ1v) is 13.0. The molecule has 0 bridgehead atoms. The molecule has 2 aromatic carbocycles. The van der Waals surface area contributed by atoms with Gasteiger partial charge in [0.1, 0.15) is 6.04 Å². The number of rotatable bonds is 5. The minimum absolute atomic E-state index is 0.0518. The highest BCUT2D eigenvalue weighted by Gasteiger charge is 2.45. The van der Waals surface area contributed by atoms with Gasteiger partial charge in [-0.3, -0.25) is 13.9 Å². The van der Waals surface area contributed by atoms with Gasteiger partial charge in [-0.05, 0) is 31.0 Å². The molecule has 2 aliphatic heterocycles. The summed E-state index contributed by atoms with van der Waals surface area (Å²) in [5.74, 6) is -1.77. The van der Waals surface area contributed by atoms with E-state index in [0.717, 1.165) is 21.0 Å². The van der Waals surface area contributed by atoms with Gasteiger partial charge in [0.25, 0.3) is 10.0 Å². The lowest BCUT2D eigenvalue weighted by molar-refractivity contribution is -0.178. The Balaban J connectivity index is 1.35. The Labute approximate surface area is 204 Å². The van der Waals surface area contributed by atoms with Gasteiger partial charge in [0.05, 0.1) is 30.6 Å². The molecule has 9 nitrogen and oxygen atoms in total. The zero-order chi connectivity index (χ0) is 24.6. The third kappa shape index (κ3) is 4.33. The first-order valence-electron chi connectivity index (χ1n) is 11.5. The van der Waals surface area contributed by atoms with Gasteiger partial charge in [0.2, 0.25) is 11.8 Å². The van der Waals surface area contributed by atoms with Crippen LogP contribution in [0, 0.1) is 6.92 Å². The molecule has 184 valence electrons. The van der Waals surface area contributed by atoms with E-state index in [1.165, 1.54) is 24.5 Å². The number of amides is 2. The minimum Gasteiger partial charge on any atom is -0.349 e. The molecule has 1 aliphatic carbocycles. The van der Waals surface area contributed by atoms with Crippen molar-refractivity contribution in [2.45, 2.75) is 49.0 Å². The molecule has 5 rings (SSSR count). The number of fused-ring (bicyclic) bond motifs is 2. The molecular weight excluding hydrogens is 470 g/mol. The van der Waals surface area contributed by atoms with E-state index in [0.29, 0.717) is 26.1 Å². The fourth-order valence-electron chi connectivity index (χ4n) is 4.88. The molecule has 1 saturated heterocycles. The smallest absolute Gasteiger partial charge is 0.264 e. The Bertz CT molecular complexity index is 1270. The predicted octanol–water partition coefficient (Wildman–Crippen LogP) is 2.20. The maximum Gasteiger partial charge on any atom is 0.264 e. The number of carbonyl (C=O) groups excluding carboxylic acids is 2. The summed E-state index contributed by atoms with van der Waals surface area (Å²) in [6, 6.07) is 12.5. The highest BCUT2D eigenvalue weighted by Crippen LogP contribution is 2.45. The molecule has 1 spiro atoms. The van der Waals surface area contributed by atoms with Crippen LogP contribution in [0.5, 0.6) is 0 Å². The lowest BCUT2D eigenvalue weighted by atomic mass is 9.83. The molecule has 2 heterocycles. The fraction of sp³-hybridized carbons (Fsp3) is 0.360. The van der Waals surface area contributed by atoms with Crippen LogP contribution in [0.4, 0.5) is 0 Å². The van der Waals surface area contributed by atoms with Crippen molar-refractivity contribution in [2.75, 3.05) is 13.2 Å². The third-order valence-corrected chi connectivity index (χ3v) is 8.43. The Kier molecular flexibility index (Phi) is 6.12. The number of hydrogen-bond acceptors (Lipinski definition) is 6. The van der Waals surface area contributed by atoms with E-state index in [9.17, 15) is 18.0 Å². The quantitative estimate of drug-likeness (QED) is 0.655. The summed E-state index contributed by atoms with van der Waals surface area (Å²) in [6.45, 7) is 2.88. The molecule has 10 heteroatoms. The summed E-state index contributed by atoms with van der Waals surface area (Å²) in [5, 5.41) is 5.51. The summed E-state index contributed by atoms with van der Waals surface area (Å²) in [4.78, 5) is 25.8. The summed E-state index contributed by atoms with van der Waals surface area (Å²) >= 11 is 0. The Morgan fingerprint density at radius 2 is 1.86 bits per heavy atom. The maximum atomic E-state index is 13.3. The summed E-state index contributed by atoms with van der Waals surface area (Å²) in [6.07, 6.45) is 3.39. The van der Waals surface area contributed by atoms with Crippen molar-refractivity contribution in [3.8, 4) is 0 Å². The van der Waals surface area contributed by atoms with Gasteiger partial charge in [-0.25, -0.2) is 8.42 Å². The topological polar surface area (TPSA) is 114 Å². The number of ether oxygens (including phenoxy) is 2. The predicted molar refractivity (Wildman–Crippen MR) is 126 cm³/mol. The molecular formula is C25H27N3O6S. The van der Waals surface area contributed by atoms with Gasteiger partial charge >= 0.3 is 0 Å². The summed E-state index contributed by atoms with van der Waals surface area (Å²) < 4.78 is 39.4. The number of benzene rings is 2. The van der Waals surface area contributed by atoms with Gasteiger partial charge in [0, 0.05) is 24.4 Å². The number of carbonyl (C=O) groups is 2. The Hall–Kier alpha value is -3.21. The first kappa shape index (κ1) is 23.5. The van der Waals surface area contributed by atoms with Crippen LogP contribution in [-0.4, -0.2) is 43.8 Å². The lowest BCUT2D eigenvalue weighted by Gasteiger charge is -2.38. The van der Waals surface area contributed by atoms with Crippen molar-refractivity contribution < 1.29 is 27.5 Å². The molecule has 0 unspecified atom stereocenters. The van der Waals surface area contributed by atoms with Crippen molar-refractivity contribution >= 4 is 21.8 Å². The average molecular weight is 498 g/mol. The van der Waals surface area contributed by atoms with Crippen LogP contribution in [-0.2, 0) is 34.9 Å². The lowest BCUT2D eigenvalue weighted by Crippen LogP contribution is -2.51. The molecule has 2 N–H and O–H groups in total. The minimum atomic E-state index is -4.03. The molecule has 2 aromatic rings. The second-order valence-electron chi connectivity index (χ2n) is 8.89. The van der Waals surface area contributed by atoms with Gasteiger partial charge in [0.15, 0.2) is 5.79 Å². The number of nitrogens with zero attached hydrogens (tertiary/aromatic N) is 1.